The summed E-state index contributed by atoms with van der Waals surface area (Å²) in [4.78, 5) is 13.1. The first-order chi connectivity index (χ1) is 3.68. The van der Waals surface area contributed by atoms with E-state index >= 15 is 0 Å². The number of nitrogens with two attached hydrogens (primary N) is 1. The number of carbonyl (C=O) groups is 1. The molecule has 0 unspecified atom stereocenters. The summed E-state index contributed by atoms with van der Waals surface area (Å²) >= 11 is 4.60. The van der Waals surface area contributed by atoms with Crippen LogP contribution in [0.1, 0.15) is 0 Å². The number of hydrogen-bond acceptors (Lipinski definition) is 4. The van der Waals surface area contributed by atoms with Gasteiger partial charge in [-0.05, 0) is 0 Å². The van der Waals surface area contributed by atoms with Crippen LogP contribution in [0.15, 0.2) is 0 Å². The van der Waals surface area contributed by atoms with Crippen molar-refractivity contribution in [3.63, 3.8) is 0 Å². The highest BCUT2D eigenvalue weighted by molar-refractivity contribution is 6.61. The Labute approximate surface area is 52.5 Å². The van der Waals surface area contributed by atoms with Gasteiger partial charge in [0.15, 0.2) is 0 Å². The van der Waals surface area contributed by atoms with Crippen molar-refractivity contribution in [2.75, 3.05) is 14.2 Å². The Kier molecular flexibility index (Phi) is 13.1. The van der Waals surface area contributed by atoms with Crippen LogP contribution in [0.5, 0.6) is 0 Å². The number of hydrogen-bond donors (Lipinski definition) is 1. The van der Waals surface area contributed by atoms with E-state index in [1.807, 2.05) is 0 Å². The molecule has 5 heteroatoms. The van der Waals surface area contributed by atoms with E-state index in [1.165, 1.54) is 14.2 Å². The van der Waals surface area contributed by atoms with Gasteiger partial charge in [0.2, 0.25) is 0 Å². The van der Waals surface area contributed by atoms with Crippen molar-refractivity contribution in [1.29, 1.82) is 0 Å². The number of halogens is 1. The molecule has 4 nitrogen and oxygen atoms in total. The SMILES string of the molecule is COC(=O)Cl.CON. The molecule has 0 aromatic heterocycles. The van der Waals surface area contributed by atoms with Gasteiger partial charge in [-0.15, -0.1) is 0 Å². The maximum Gasteiger partial charge on any atom is 0.403 e. The molecule has 0 saturated carbocycles. The van der Waals surface area contributed by atoms with Crippen LogP contribution in [0.3, 0.4) is 0 Å². The zero-order valence-electron chi connectivity index (χ0n) is 4.68. The fourth-order valence-electron chi connectivity index (χ4n) is 0. The third-order valence-corrected chi connectivity index (χ3v) is 0.315. The Morgan fingerprint density at radius 1 is 1.62 bits per heavy atom. The molecule has 50 valence electrons. The van der Waals surface area contributed by atoms with Crippen LogP contribution in [-0.4, -0.2) is 19.6 Å². The minimum Gasteiger partial charge on any atom is -0.457 e. The molecule has 0 amide bonds. The van der Waals surface area contributed by atoms with Gasteiger partial charge in [-0.1, -0.05) is 0 Å². The van der Waals surface area contributed by atoms with E-state index in [0.29, 0.717) is 0 Å². The van der Waals surface area contributed by atoms with Gasteiger partial charge in [-0.3, -0.25) is 0 Å². The first kappa shape index (κ1) is 10.6. The number of carbonyl (C=O) groups excluding carboxylic acids is 1. The monoisotopic (exact) mass is 141 g/mol. The highest BCUT2D eigenvalue weighted by Crippen LogP contribution is 1.78. The van der Waals surface area contributed by atoms with E-state index in [2.05, 4.69) is 27.1 Å². The summed E-state index contributed by atoms with van der Waals surface area (Å²) in [5, 5.41) is 0. The van der Waals surface area contributed by atoms with Crippen molar-refractivity contribution < 1.29 is 14.4 Å². The molecule has 0 rings (SSSR count). The third-order valence-electron chi connectivity index (χ3n) is 0.160. The smallest absolute Gasteiger partial charge is 0.403 e. The molecular formula is C3H8ClNO3. The first-order valence-corrected chi connectivity index (χ1v) is 2.03. The number of methoxy groups -OCH3 is 1. The second-order valence-corrected chi connectivity index (χ2v) is 0.986. The molecule has 0 fully saturated rings. The van der Waals surface area contributed by atoms with Crippen LogP contribution < -0.4 is 5.90 Å². The highest BCUT2D eigenvalue weighted by atomic mass is 35.5. The molecular weight excluding hydrogens is 133 g/mol. The lowest BCUT2D eigenvalue weighted by Gasteiger charge is -1.77. The number of rotatable bonds is 0. The lowest BCUT2D eigenvalue weighted by Crippen LogP contribution is -1.86. The molecule has 0 aromatic carbocycles. The van der Waals surface area contributed by atoms with Crippen molar-refractivity contribution in [1.82, 2.24) is 0 Å². The van der Waals surface area contributed by atoms with Gasteiger partial charge in [0.25, 0.3) is 0 Å². The van der Waals surface area contributed by atoms with Gasteiger partial charge in [0, 0.05) is 11.6 Å². The Morgan fingerprint density at radius 2 is 1.75 bits per heavy atom. The quantitative estimate of drug-likeness (QED) is 0.394. The van der Waals surface area contributed by atoms with Crippen molar-refractivity contribution in [3.8, 4) is 0 Å². The van der Waals surface area contributed by atoms with Gasteiger partial charge < -0.3 is 9.57 Å². The van der Waals surface area contributed by atoms with Crippen molar-refractivity contribution in [2.24, 2.45) is 5.90 Å². The first-order valence-electron chi connectivity index (χ1n) is 1.65. The molecule has 8 heavy (non-hydrogen) atoms. The lowest BCUT2D eigenvalue weighted by atomic mass is 11.5. The molecule has 0 aromatic rings. The highest BCUT2D eigenvalue weighted by Gasteiger charge is 1.80. The van der Waals surface area contributed by atoms with Gasteiger partial charge in [-0.2, -0.15) is 0 Å². The van der Waals surface area contributed by atoms with Crippen LogP contribution in [0.2, 0.25) is 0 Å². The summed E-state index contributed by atoms with van der Waals surface area (Å²) in [5.74, 6) is 4.35. The van der Waals surface area contributed by atoms with E-state index in [-0.39, 0.29) is 0 Å². The van der Waals surface area contributed by atoms with Crippen LogP contribution in [0.4, 0.5) is 4.79 Å². The van der Waals surface area contributed by atoms with Gasteiger partial charge in [-0.25, -0.2) is 10.7 Å². The Balaban J connectivity index is 0. The Morgan fingerprint density at radius 3 is 1.75 bits per heavy atom. The average molecular weight is 142 g/mol. The molecule has 0 aliphatic rings. The summed E-state index contributed by atoms with van der Waals surface area (Å²) in [6.45, 7) is 0. The average Bonchev–Trinajstić information content (AvgIpc) is 1.69. The predicted octanol–water partition coefficient (Wildman–Crippen LogP) is 0.498. The maximum atomic E-state index is 9.36. The normalized spacial score (nSPS) is 6.50. The van der Waals surface area contributed by atoms with Crippen molar-refractivity contribution in [2.45, 2.75) is 0 Å². The molecule has 0 heterocycles. The van der Waals surface area contributed by atoms with E-state index in [4.69, 9.17) is 0 Å². The minimum absolute atomic E-state index is 0.773. The standard InChI is InChI=1S/C2H3ClO2.CH5NO/c1-5-2(3)4;1-3-2/h1H3;2H2,1H3. The van der Waals surface area contributed by atoms with Crippen LogP contribution in [0.25, 0.3) is 0 Å². The largest absolute Gasteiger partial charge is 0.457 e. The Hall–Kier alpha value is -0.320. The molecule has 0 aliphatic heterocycles. The fraction of sp³-hybridized carbons (Fsp3) is 0.667. The van der Waals surface area contributed by atoms with Crippen molar-refractivity contribution >= 4 is 17.0 Å². The predicted molar refractivity (Wildman–Crippen MR) is 29.5 cm³/mol. The molecule has 0 atom stereocenters. The molecule has 0 aliphatic carbocycles. The van der Waals surface area contributed by atoms with E-state index in [9.17, 15) is 4.79 Å². The summed E-state index contributed by atoms with van der Waals surface area (Å²) < 4.78 is 3.88. The minimum atomic E-state index is -0.773. The molecule has 0 bridgehead atoms. The van der Waals surface area contributed by atoms with E-state index < -0.39 is 5.43 Å². The lowest BCUT2D eigenvalue weighted by molar-refractivity contribution is 0.198. The van der Waals surface area contributed by atoms with E-state index in [1.54, 1.807) is 0 Å². The van der Waals surface area contributed by atoms with Gasteiger partial charge in [0.1, 0.15) is 0 Å². The Bertz CT molecular complexity index is 58.5. The topological polar surface area (TPSA) is 61.5 Å². The van der Waals surface area contributed by atoms with E-state index in [0.717, 1.165) is 0 Å². The zero-order valence-corrected chi connectivity index (χ0v) is 5.44. The summed E-state index contributed by atoms with van der Waals surface area (Å²) in [5.41, 5.74) is -0.773. The van der Waals surface area contributed by atoms with Crippen LogP contribution >= 0.6 is 11.6 Å². The third kappa shape index (κ3) is 44.1. The van der Waals surface area contributed by atoms with Gasteiger partial charge in [0.05, 0.1) is 14.2 Å². The second kappa shape index (κ2) is 9.84. The summed E-state index contributed by atoms with van der Waals surface area (Å²) in [6.07, 6.45) is 0. The zero-order chi connectivity index (χ0) is 6.99. The van der Waals surface area contributed by atoms with Crippen LogP contribution in [0, 0.1) is 0 Å². The molecule has 0 radical (unpaired) electrons. The number of ether oxygens (including phenoxy) is 1. The fourth-order valence-corrected chi connectivity index (χ4v) is 0. The van der Waals surface area contributed by atoms with Gasteiger partial charge >= 0.3 is 5.43 Å². The summed E-state index contributed by atoms with van der Waals surface area (Å²) in [6, 6.07) is 0. The second-order valence-electron chi connectivity index (χ2n) is 0.677. The molecule has 2 N–H and O–H groups in total. The molecule has 0 spiro atoms. The van der Waals surface area contributed by atoms with Crippen molar-refractivity contribution in [3.05, 3.63) is 0 Å². The maximum absolute atomic E-state index is 9.36. The summed E-state index contributed by atoms with van der Waals surface area (Å²) in [7, 11) is 2.62. The molecule has 0 saturated heterocycles. The van der Waals surface area contributed by atoms with Crippen LogP contribution in [-0.2, 0) is 9.57 Å².